The van der Waals surface area contributed by atoms with Gasteiger partial charge in [0.15, 0.2) is 0 Å². The maximum absolute atomic E-state index is 11.4. The van der Waals surface area contributed by atoms with Gasteiger partial charge in [0.05, 0.1) is 18.5 Å². The van der Waals surface area contributed by atoms with E-state index in [1.54, 1.807) is 31.4 Å². The van der Waals surface area contributed by atoms with Gasteiger partial charge in [0.25, 0.3) is 0 Å². The third-order valence-corrected chi connectivity index (χ3v) is 3.26. The van der Waals surface area contributed by atoms with Crippen LogP contribution in [0.4, 0.5) is 0 Å². The van der Waals surface area contributed by atoms with Crippen LogP contribution in [0.2, 0.25) is 5.15 Å². The predicted octanol–water partition coefficient (Wildman–Crippen LogP) is 3.36. The van der Waals surface area contributed by atoms with Crippen molar-refractivity contribution >= 4 is 17.6 Å². The summed E-state index contributed by atoms with van der Waals surface area (Å²) in [4.78, 5) is 11.4. The number of halogens is 1. The average Bonchev–Trinajstić information content (AvgIpc) is 2.77. The van der Waals surface area contributed by atoms with E-state index in [0.717, 1.165) is 0 Å². The van der Waals surface area contributed by atoms with Crippen LogP contribution < -0.4 is 4.74 Å². The maximum Gasteiger partial charge on any atom is 0.340 e. The Morgan fingerprint density at radius 1 is 1.45 bits per heavy atom. The molecule has 0 unspecified atom stereocenters. The minimum atomic E-state index is -1.08. The number of methoxy groups -OCH3 is 1. The van der Waals surface area contributed by atoms with Crippen molar-refractivity contribution in [3.63, 3.8) is 0 Å². The molecule has 106 valence electrons. The van der Waals surface area contributed by atoms with Crippen molar-refractivity contribution in [1.82, 2.24) is 9.78 Å². The zero-order chi connectivity index (χ0) is 14.9. The fraction of sp³-hybridized carbons (Fsp3) is 0.286. The van der Waals surface area contributed by atoms with Crippen LogP contribution in [0.25, 0.3) is 5.69 Å². The van der Waals surface area contributed by atoms with Crippen LogP contribution in [0.5, 0.6) is 5.75 Å². The van der Waals surface area contributed by atoms with Crippen molar-refractivity contribution in [2.75, 3.05) is 7.11 Å². The minimum Gasteiger partial charge on any atom is -0.497 e. The summed E-state index contributed by atoms with van der Waals surface area (Å²) in [5, 5.41) is 13.7. The molecule has 5 nitrogen and oxygen atoms in total. The Bertz CT molecular complexity index is 650. The summed E-state index contributed by atoms with van der Waals surface area (Å²) in [6, 6.07) is 7.12. The Labute approximate surface area is 121 Å². The van der Waals surface area contributed by atoms with Gasteiger partial charge in [-0.1, -0.05) is 31.5 Å². The summed E-state index contributed by atoms with van der Waals surface area (Å²) >= 11 is 6.18. The molecular formula is C14H15ClN2O3. The lowest BCUT2D eigenvalue weighted by Crippen LogP contribution is -2.01. The highest BCUT2D eigenvalue weighted by Crippen LogP contribution is 2.29. The maximum atomic E-state index is 11.4. The molecule has 0 aliphatic rings. The summed E-state index contributed by atoms with van der Waals surface area (Å²) < 4.78 is 6.57. The van der Waals surface area contributed by atoms with E-state index in [0.29, 0.717) is 17.1 Å². The molecule has 1 aromatic carbocycles. The molecule has 0 atom stereocenters. The molecule has 1 aromatic heterocycles. The third kappa shape index (κ3) is 2.49. The monoisotopic (exact) mass is 294 g/mol. The molecule has 0 amide bonds. The van der Waals surface area contributed by atoms with E-state index in [2.05, 4.69) is 5.10 Å². The SMILES string of the molecule is COc1cccc(-n2nc(C(C)C)c(C(=O)O)c2Cl)c1. The number of benzene rings is 1. The van der Waals surface area contributed by atoms with Crippen LogP contribution in [0.15, 0.2) is 24.3 Å². The van der Waals surface area contributed by atoms with E-state index in [4.69, 9.17) is 16.3 Å². The number of carbonyl (C=O) groups is 1. The zero-order valence-electron chi connectivity index (χ0n) is 11.4. The summed E-state index contributed by atoms with van der Waals surface area (Å²) in [5.74, 6) is -0.463. The Balaban J connectivity index is 2.63. The number of carboxylic acids is 1. The van der Waals surface area contributed by atoms with Crippen molar-refractivity contribution in [2.24, 2.45) is 0 Å². The van der Waals surface area contributed by atoms with E-state index in [-0.39, 0.29) is 16.6 Å². The smallest absolute Gasteiger partial charge is 0.340 e. The van der Waals surface area contributed by atoms with Gasteiger partial charge in [-0.3, -0.25) is 0 Å². The Kier molecular flexibility index (Phi) is 3.99. The fourth-order valence-electron chi connectivity index (χ4n) is 1.93. The standard InChI is InChI=1S/C14H15ClN2O3/c1-8(2)12-11(14(18)19)13(15)17(16-12)9-5-4-6-10(7-9)20-3/h4-8H,1-3H3,(H,18,19). The molecule has 0 saturated carbocycles. The molecule has 0 spiro atoms. The molecule has 2 aromatic rings. The van der Waals surface area contributed by atoms with Crippen LogP contribution in [0.1, 0.15) is 35.8 Å². The Morgan fingerprint density at radius 2 is 2.15 bits per heavy atom. The highest BCUT2D eigenvalue weighted by Gasteiger charge is 2.24. The molecule has 20 heavy (non-hydrogen) atoms. The van der Waals surface area contributed by atoms with Gasteiger partial charge in [0, 0.05) is 6.07 Å². The van der Waals surface area contributed by atoms with E-state index < -0.39 is 5.97 Å². The quantitative estimate of drug-likeness (QED) is 0.939. The summed E-state index contributed by atoms with van der Waals surface area (Å²) in [6.45, 7) is 3.75. The van der Waals surface area contributed by atoms with Crippen LogP contribution in [0, 0.1) is 0 Å². The third-order valence-electron chi connectivity index (χ3n) is 2.91. The van der Waals surface area contributed by atoms with Gasteiger partial charge in [-0.25, -0.2) is 9.48 Å². The largest absolute Gasteiger partial charge is 0.497 e. The van der Waals surface area contributed by atoms with E-state index in [9.17, 15) is 9.90 Å². The highest BCUT2D eigenvalue weighted by atomic mass is 35.5. The molecule has 1 N–H and O–H groups in total. The number of aromatic nitrogens is 2. The molecule has 0 fully saturated rings. The van der Waals surface area contributed by atoms with Crippen molar-refractivity contribution in [3.05, 3.63) is 40.7 Å². The van der Waals surface area contributed by atoms with Gasteiger partial charge >= 0.3 is 5.97 Å². The zero-order valence-corrected chi connectivity index (χ0v) is 12.2. The van der Waals surface area contributed by atoms with Crippen molar-refractivity contribution < 1.29 is 14.6 Å². The van der Waals surface area contributed by atoms with Crippen molar-refractivity contribution in [3.8, 4) is 11.4 Å². The average molecular weight is 295 g/mol. The Morgan fingerprint density at radius 3 is 2.65 bits per heavy atom. The van der Waals surface area contributed by atoms with Crippen LogP contribution >= 0.6 is 11.6 Å². The lowest BCUT2D eigenvalue weighted by Gasteiger charge is -2.05. The first-order valence-corrected chi connectivity index (χ1v) is 6.49. The highest BCUT2D eigenvalue weighted by molar-refractivity contribution is 6.33. The van der Waals surface area contributed by atoms with E-state index in [1.807, 2.05) is 13.8 Å². The summed E-state index contributed by atoms with van der Waals surface area (Å²) in [7, 11) is 1.56. The molecular weight excluding hydrogens is 280 g/mol. The summed E-state index contributed by atoms with van der Waals surface area (Å²) in [6.07, 6.45) is 0. The van der Waals surface area contributed by atoms with Gasteiger partial charge in [-0.15, -0.1) is 0 Å². The number of hydrogen-bond acceptors (Lipinski definition) is 3. The Hall–Kier alpha value is -2.01. The predicted molar refractivity (Wildman–Crippen MR) is 76.2 cm³/mol. The van der Waals surface area contributed by atoms with Gasteiger partial charge in [-0.2, -0.15) is 5.10 Å². The first-order chi connectivity index (χ1) is 9.45. The van der Waals surface area contributed by atoms with Crippen molar-refractivity contribution in [1.29, 1.82) is 0 Å². The van der Waals surface area contributed by atoms with E-state index in [1.165, 1.54) is 4.68 Å². The molecule has 0 aliphatic heterocycles. The fourth-order valence-corrected chi connectivity index (χ4v) is 2.24. The molecule has 0 saturated heterocycles. The molecule has 0 radical (unpaired) electrons. The number of ether oxygens (including phenoxy) is 1. The van der Waals surface area contributed by atoms with Gasteiger partial charge in [0.1, 0.15) is 16.5 Å². The lowest BCUT2D eigenvalue weighted by molar-refractivity contribution is 0.0695. The second-order valence-electron chi connectivity index (χ2n) is 4.62. The van der Waals surface area contributed by atoms with Crippen LogP contribution in [-0.4, -0.2) is 28.0 Å². The van der Waals surface area contributed by atoms with E-state index >= 15 is 0 Å². The number of aromatic carboxylic acids is 1. The van der Waals surface area contributed by atoms with Crippen molar-refractivity contribution in [2.45, 2.75) is 19.8 Å². The summed E-state index contributed by atoms with van der Waals surface area (Å²) in [5.41, 5.74) is 1.17. The van der Waals surface area contributed by atoms with Gasteiger partial charge in [0.2, 0.25) is 0 Å². The number of carboxylic acid groups (broad SMARTS) is 1. The van der Waals surface area contributed by atoms with Crippen LogP contribution in [-0.2, 0) is 0 Å². The lowest BCUT2D eigenvalue weighted by atomic mass is 10.1. The number of nitrogens with zero attached hydrogens (tertiary/aromatic N) is 2. The van der Waals surface area contributed by atoms with Crippen LogP contribution in [0.3, 0.4) is 0 Å². The topological polar surface area (TPSA) is 64.4 Å². The van der Waals surface area contributed by atoms with Gasteiger partial charge in [-0.05, 0) is 18.1 Å². The normalized spacial score (nSPS) is 10.8. The first-order valence-electron chi connectivity index (χ1n) is 6.11. The first kappa shape index (κ1) is 14.4. The molecule has 0 bridgehead atoms. The molecule has 2 rings (SSSR count). The van der Waals surface area contributed by atoms with Gasteiger partial charge < -0.3 is 9.84 Å². The molecule has 1 heterocycles. The second-order valence-corrected chi connectivity index (χ2v) is 4.98. The minimum absolute atomic E-state index is 0.0366. The second kappa shape index (κ2) is 5.54. The molecule has 6 heteroatoms. The number of hydrogen-bond donors (Lipinski definition) is 1. The molecule has 0 aliphatic carbocycles. The number of rotatable bonds is 4.